The van der Waals surface area contributed by atoms with Crippen LogP contribution in [-0.2, 0) is 0 Å². The molecule has 0 amide bonds. The van der Waals surface area contributed by atoms with Crippen LogP contribution in [-0.4, -0.2) is 11.7 Å². The van der Waals surface area contributed by atoms with Gasteiger partial charge in [0.05, 0.1) is 0 Å². The van der Waals surface area contributed by atoms with Crippen LogP contribution in [0.1, 0.15) is 105 Å². The lowest BCUT2D eigenvalue weighted by molar-refractivity contribution is 0.269. The quantitative estimate of drug-likeness (QED) is 0.351. The first-order valence-electron chi connectivity index (χ1n) is 10.1. The summed E-state index contributed by atoms with van der Waals surface area (Å²) in [6, 6.07) is 0. The summed E-state index contributed by atoms with van der Waals surface area (Å²) in [5.41, 5.74) is 0. The van der Waals surface area contributed by atoms with E-state index in [4.69, 9.17) is 5.11 Å². The van der Waals surface area contributed by atoms with Gasteiger partial charge in [-0.2, -0.15) is 0 Å². The summed E-state index contributed by atoms with van der Waals surface area (Å²) in [6.45, 7) is 12.2. The Morgan fingerprint density at radius 2 is 0.818 bits per heavy atom. The number of hydrogen-bond donors (Lipinski definition) is 1. The Labute approximate surface area is 141 Å². The maximum atomic E-state index is 8.85. The van der Waals surface area contributed by atoms with Crippen molar-refractivity contribution >= 4 is 0 Å². The minimum Gasteiger partial charge on any atom is -0.396 e. The van der Waals surface area contributed by atoms with Crippen LogP contribution >= 0.6 is 0 Å². The van der Waals surface area contributed by atoms with Crippen LogP contribution in [0.3, 0.4) is 0 Å². The highest BCUT2D eigenvalue weighted by atomic mass is 16.2. The topological polar surface area (TPSA) is 20.2 Å². The van der Waals surface area contributed by atoms with E-state index in [1.807, 2.05) is 0 Å². The van der Waals surface area contributed by atoms with Gasteiger partial charge in [0.15, 0.2) is 0 Å². The van der Waals surface area contributed by atoms with Crippen LogP contribution in [0.2, 0.25) is 0 Å². The summed E-state index contributed by atoms with van der Waals surface area (Å²) < 4.78 is 0. The first-order chi connectivity index (χ1) is 10.5. The molecular formula is C21H44O. The van der Waals surface area contributed by atoms with E-state index in [0.29, 0.717) is 6.61 Å². The van der Waals surface area contributed by atoms with E-state index in [-0.39, 0.29) is 0 Å². The minimum absolute atomic E-state index is 0.357. The first-order valence-corrected chi connectivity index (χ1v) is 10.1. The van der Waals surface area contributed by atoms with Gasteiger partial charge in [0.2, 0.25) is 0 Å². The molecule has 0 heterocycles. The van der Waals surface area contributed by atoms with Crippen molar-refractivity contribution in [1.82, 2.24) is 0 Å². The first kappa shape index (κ1) is 22.0. The third-order valence-electron chi connectivity index (χ3n) is 5.12. The molecule has 22 heavy (non-hydrogen) atoms. The maximum absolute atomic E-state index is 8.85. The Bertz CT molecular complexity index is 224. The van der Waals surface area contributed by atoms with Gasteiger partial charge in [0.1, 0.15) is 0 Å². The summed E-state index contributed by atoms with van der Waals surface area (Å²) >= 11 is 0. The Morgan fingerprint density at radius 1 is 0.500 bits per heavy atom. The Morgan fingerprint density at radius 3 is 1.14 bits per heavy atom. The molecule has 0 aliphatic heterocycles. The van der Waals surface area contributed by atoms with Crippen LogP contribution in [0, 0.1) is 23.7 Å². The highest BCUT2D eigenvalue weighted by molar-refractivity contribution is 4.61. The Hall–Kier alpha value is -0.0400. The third kappa shape index (κ3) is 14.9. The lowest BCUT2D eigenvalue weighted by atomic mass is 9.90. The fraction of sp³-hybridized carbons (Fsp3) is 1.00. The van der Waals surface area contributed by atoms with Gasteiger partial charge in [-0.3, -0.25) is 0 Å². The summed E-state index contributed by atoms with van der Waals surface area (Å²) in [5, 5.41) is 8.85. The third-order valence-corrected chi connectivity index (χ3v) is 5.12. The zero-order valence-electron chi connectivity index (χ0n) is 16.2. The highest BCUT2D eigenvalue weighted by Gasteiger charge is 2.08. The van der Waals surface area contributed by atoms with Gasteiger partial charge in [0, 0.05) is 6.61 Å². The monoisotopic (exact) mass is 312 g/mol. The minimum atomic E-state index is 0.357. The molecule has 0 aromatic rings. The molecule has 0 saturated carbocycles. The van der Waals surface area contributed by atoms with E-state index in [1.54, 1.807) is 0 Å². The fourth-order valence-electron chi connectivity index (χ4n) is 3.38. The van der Waals surface area contributed by atoms with E-state index in [1.165, 1.54) is 64.2 Å². The Kier molecular flexibility index (Phi) is 14.5. The standard InChI is InChI=1S/C21H44O/c1-18(2)10-6-11-19(3)12-7-13-20(4)14-8-15-21(5)16-9-17-22/h18-22H,6-17H2,1-5H3. The van der Waals surface area contributed by atoms with E-state index < -0.39 is 0 Å². The molecule has 3 atom stereocenters. The van der Waals surface area contributed by atoms with Crippen molar-refractivity contribution < 1.29 is 5.11 Å². The van der Waals surface area contributed by atoms with Gasteiger partial charge in [0.25, 0.3) is 0 Å². The van der Waals surface area contributed by atoms with Crippen LogP contribution < -0.4 is 0 Å². The molecule has 3 unspecified atom stereocenters. The molecule has 134 valence electrons. The number of hydrogen-bond acceptors (Lipinski definition) is 1. The van der Waals surface area contributed by atoms with Crippen LogP contribution in [0.4, 0.5) is 0 Å². The second-order valence-corrected chi connectivity index (χ2v) is 8.37. The molecule has 1 heteroatoms. The zero-order valence-corrected chi connectivity index (χ0v) is 16.2. The van der Waals surface area contributed by atoms with Crippen molar-refractivity contribution in [3.05, 3.63) is 0 Å². The average molecular weight is 313 g/mol. The van der Waals surface area contributed by atoms with Crippen molar-refractivity contribution in [3.8, 4) is 0 Å². The molecule has 0 aromatic carbocycles. The molecule has 1 N–H and O–H groups in total. The lowest BCUT2D eigenvalue weighted by Gasteiger charge is -2.16. The normalized spacial score (nSPS) is 16.0. The molecular weight excluding hydrogens is 268 g/mol. The van der Waals surface area contributed by atoms with Crippen molar-refractivity contribution in [3.63, 3.8) is 0 Å². The van der Waals surface area contributed by atoms with Crippen LogP contribution in [0.25, 0.3) is 0 Å². The predicted molar refractivity (Wildman–Crippen MR) is 100 cm³/mol. The van der Waals surface area contributed by atoms with Gasteiger partial charge < -0.3 is 5.11 Å². The average Bonchev–Trinajstić information content (AvgIpc) is 2.44. The van der Waals surface area contributed by atoms with Gasteiger partial charge in [-0.05, 0) is 36.5 Å². The molecule has 0 saturated heterocycles. The summed E-state index contributed by atoms with van der Waals surface area (Å²) in [5.74, 6) is 3.48. The Balaban J connectivity index is 3.46. The van der Waals surface area contributed by atoms with Crippen LogP contribution in [0.5, 0.6) is 0 Å². The number of rotatable bonds is 15. The summed E-state index contributed by atoms with van der Waals surface area (Å²) in [7, 11) is 0. The van der Waals surface area contributed by atoms with Crippen molar-refractivity contribution in [2.24, 2.45) is 23.7 Å². The second-order valence-electron chi connectivity index (χ2n) is 8.37. The fourth-order valence-corrected chi connectivity index (χ4v) is 3.38. The maximum Gasteiger partial charge on any atom is 0.0431 e. The molecule has 0 aliphatic carbocycles. The zero-order chi connectivity index (χ0) is 16.8. The van der Waals surface area contributed by atoms with E-state index in [9.17, 15) is 0 Å². The number of aliphatic hydroxyl groups excluding tert-OH is 1. The molecule has 1 nitrogen and oxygen atoms in total. The van der Waals surface area contributed by atoms with Crippen molar-refractivity contribution in [1.29, 1.82) is 0 Å². The molecule has 0 radical (unpaired) electrons. The molecule has 0 spiro atoms. The molecule has 0 aliphatic rings. The highest BCUT2D eigenvalue weighted by Crippen LogP contribution is 2.22. The number of aliphatic hydroxyl groups is 1. The summed E-state index contributed by atoms with van der Waals surface area (Å²) in [4.78, 5) is 0. The van der Waals surface area contributed by atoms with Crippen molar-refractivity contribution in [2.75, 3.05) is 6.61 Å². The van der Waals surface area contributed by atoms with E-state index >= 15 is 0 Å². The summed E-state index contributed by atoms with van der Waals surface area (Å²) in [6.07, 6.45) is 14.8. The van der Waals surface area contributed by atoms with Gasteiger partial charge in [-0.1, -0.05) is 92.4 Å². The molecule has 0 bridgehead atoms. The predicted octanol–water partition coefficient (Wildman–Crippen LogP) is 6.83. The van der Waals surface area contributed by atoms with Gasteiger partial charge in [-0.25, -0.2) is 0 Å². The second kappa shape index (κ2) is 14.5. The van der Waals surface area contributed by atoms with Gasteiger partial charge >= 0.3 is 0 Å². The smallest absolute Gasteiger partial charge is 0.0431 e. The van der Waals surface area contributed by atoms with Gasteiger partial charge in [-0.15, -0.1) is 0 Å². The lowest BCUT2D eigenvalue weighted by Crippen LogP contribution is -2.02. The van der Waals surface area contributed by atoms with E-state index in [0.717, 1.165) is 30.1 Å². The van der Waals surface area contributed by atoms with Crippen LogP contribution in [0.15, 0.2) is 0 Å². The molecule has 0 rings (SSSR count). The SMILES string of the molecule is CC(C)CCCC(C)CCCC(C)CCCC(C)CCCO. The molecule has 0 fully saturated rings. The van der Waals surface area contributed by atoms with E-state index in [2.05, 4.69) is 34.6 Å². The largest absolute Gasteiger partial charge is 0.396 e. The molecule has 0 aromatic heterocycles. The van der Waals surface area contributed by atoms with Crippen molar-refractivity contribution in [2.45, 2.75) is 105 Å².